The molecule has 0 fully saturated rings. The number of H-pyrrole nitrogens is 1. The molecule has 1 aromatic heterocycles. The maximum Gasteiger partial charge on any atom is 0.326 e. The van der Waals surface area contributed by atoms with E-state index in [2.05, 4.69) is 20.9 Å². The van der Waals surface area contributed by atoms with Crippen LogP contribution in [-0.4, -0.2) is 52.9 Å². The van der Waals surface area contributed by atoms with Crippen LogP contribution in [0.4, 0.5) is 0 Å². The molecule has 0 aliphatic heterocycles. The van der Waals surface area contributed by atoms with Crippen LogP contribution in [-0.2, 0) is 25.6 Å². The Kier molecular flexibility index (Phi) is 6.31. The predicted octanol–water partition coefficient (Wildman–Crippen LogP) is -0.468. The summed E-state index contributed by atoms with van der Waals surface area (Å²) in [4.78, 5) is 48.6. The Morgan fingerprint density at radius 2 is 1.77 bits per heavy atom. The number of carboxylic acids is 1. The van der Waals surface area contributed by atoms with Gasteiger partial charge in [-0.15, -0.1) is 0 Å². The van der Waals surface area contributed by atoms with E-state index >= 15 is 0 Å². The SMILES string of the molecule is CC(=O)NCC(=O)NCC(=O)NC(Cc1c[nH]c2ccccc12)C(=O)O. The topological polar surface area (TPSA) is 140 Å². The first kappa shape index (κ1) is 19.0. The Morgan fingerprint density at radius 3 is 2.46 bits per heavy atom. The molecule has 9 heteroatoms. The number of hydrogen-bond acceptors (Lipinski definition) is 4. The number of aromatic nitrogens is 1. The Labute approximate surface area is 149 Å². The molecule has 1 atom stereocenters. The van der Waals surface area contributed by atoms with Crippen molar-refractivity contribution in [1.82, 2.24) is 20.9 Å². The molecule has 0 bridgehead atoms. The Bertz CT molecular complexity index is 829. The molecule has 3 amide bonds. The van der Waals surface area contributed by atoms with Gasteiger partial charge in [0.15, 0.2) is 0 Å². The second-order valence-electron chi connectivity index (χ2n) is 5.71. The number of carbonyl (C=O) groups excluding carboxylic acids is 3. The average molecular weight is 360 g/mol. The van der Waals surface area contributed by atoms with Gasteiger partial charge in [-0.2, -0.15) is 0 Å². The minimum Gasteiger partial charge on any atom is -0.480 e. The molecule has 138 valence electrons. The minimum absolute atomic E-state index is 0.102. The van der Waals surface area contributed by atoms with Gasteiger partial charge in [0.25, 0.3) is 0 Å². The van der Waals surface area contributed by atoms with E-state index in [1.165, 1.54) is 6.92 Å². The first-order valence-electron chi connectivity index (χ1n) is 7.95. The highest BCUT2D eigenvalue weighted by Gasteiger charge is 2.22. The van der Waals surface area contributed by atoms with Crippen LogP contribution in [0.5, 0.6) is 0 Å². The quantitative estimate of drug-likeness (QED) is 0.433. The lowest BCUT2D eigenvalue weighted by Crippen LogP contribution is -2.47. The summed E-state index contributed by atoms with van der Waals surface area (Å²) >= 11 is 0. The molecule has 0 aliphatic rings. The number of fused-ring (bicyclic) bond motifs is 1. The predicted molar refractivity (Wildman–Crippen MR) is 93.3 cm³/mol. The summed E-state index contributed by atoms with van der Waals surface area (Å²) < 4.78 is 0. The molecular formula is C17H20N4O5. The van der Waals surface area contributed by atoms with Crippen molar-refractivity contribution in [2.24, 2.45) is 0 Å². The molecule has 0 saturated heterocycles. The molecule has 5 N–H and O–H groups in total. The molecule has 0 spiro atoms. The van der Waals surface area contributed by atoms with Crippen LogP contribution in [0.15, 0.2) is 30.5 Å². The summed E-state index contributed by atoms with van der Waals surface area (Å²) in [5, 5.41) is 17.2. The van der Waals surface area contributed by atoms with E-state index in [-0.39, 0.29) is 25.4 Å². The van der Waals surface area contributed by atoms with Gasteiger partial charge >= 0.3 is 5.97 Å². The third kappa shape index (κ3) is 5.33. The van der Waals surface area contributed by atoms with Gasteiger partial charge in [-0.3, -0.25) is 14.4 Å². The molecular weight excluding hydrogens is 340 g/mol. The second-order valence-corrected chi connectivity index (χ2v) is 5.71. The van der Waals surface area contributed by atoms with E-state index in [1.54, 1.807) is 6.20 Å². The number of amides is 3. The van der Waals surface area contributed by atoms with Crippen LogP contribution in [0.25, 0.3) is 10.9 Å². The van der Waals surface area contributed by atoms with E-state index in [1.807, 2.05) is 24.3 Å². The largest absolute Gasteiger partial charge is 0.480 e. The highest BCUT2D eigenvalue weighted by atomic mass is 16.4. The van der Waals surface area contributed by atoms with Crippen LogP contribution >= 0.6 is 0 Å². The molecule has 1 unspecified atom stereocenters. The zero-order valence-corrected chi connectivity index (χ0v) is 14.2. The van der Waals surface area contributed by atoms with Crippen LogP contribution in [0, 0.1) is 0 Å². The van der Waals surface area contributed by atoms with Crippen molar-refractivity contribution < 1.29 is 24.3 Å². The number of carboxylic acid groups (broad SMARTS) is 1. The number of rotatable bonds is 8. The van der Waals surface area contributed by atoms with Crippen molar-refractivity contribution >= 4 is 34.6 Å². The number of nitrogens with one attached hydrogen (secondary N) is 4. The zero-order valence-electron chi connectivity index (χ0n) is 14.2. The zero-order chi connectivity index (χ0) is 19.1. The Morgan fingerprint density at radius 1 is 1.08 bits per heavy atom. The van der Waals surface area contributed by atoms with Gasteiger partial charge in [0.1, 0.15) is 6.04 Å². The molecule has 2 rings (SSSR count). The third-order valence-corrected chi connectivity index (χ3v) is 3.68. The lowest BCUT2D eigenvalue weighted by Gasteiger charge is -2.14. The summed E-state index contributed by atoms with van der Waals surface area (Å²) in [5.74, 6) is -2.71. The van der Waals surface area contributed by atoms with Crippen LogP contribution in [0.2, 0.25) is 0 Å². The number of para-hydroxylation sites is 1. The fourth-order valence-electron chi connectivity index (χ4n) is 2.41. The summed E-state index contributed by atoms with van der Waals surface area (Å²) in [6.45, 7) is 0.637. The molecule has 1 heterocycles. The summed E-state index contributed by atoms with van der Waals surface area (Å²) in [7, 11) is 0. The van der Waals surface area contributed by atoms with Crippen LogP contribution in [0.3, 0.4) is 0 Å². The van der Waals surface area contributed by atoms with E-state index in [0.29, 0.717) is 0 Å². The Hall–Kier alpha value is -3.36. The fourth-order valence-corrected chi connectivity index (χ4v) is 2.41. The normalized spacial score (nSPS) is 11.6. The summed E-state index contributed by atoms with van der Waals surface area (Å²) in [6.07, 6.45) is 1.81. The van der Waals surface area contributed by atoms with E-state index in [4.69, 9.17) is 0 Å². The fraction of sp³-hybridized carbons (Fsp3) is 0.294. The smallest absolute Gasteiger partial charge is 0.326 e. The highest BCUT2D eigenvalue weighted by molar-refractivity contribution is 5.90. The highest BCUT2D eigenvalue weighted by Crippen LogP contribution is 2.19. The van der Waals surface area contributed by atoms with E-state index in [9.17, 15) is 24.3 Å². The minimum atomic E-state index is -1.17. The van der Waals surface area contributed by atoms with E-state index in [0.717, 1.165) is 16.5 Å². The van der Waals surface area contributed by atoms with Crippen molar-refractivity contribution in [3.8, 4) is 0 Å². The maximum absolute atomic E-state index is 11.9. The van der Waals surface area contributed by atoms with Crippen molar-refractivity contribution in [3.63, 3.8) is 0 Å². The average Bonchev–Trinajstić information content (AvgIpc) is 3.00. The number of carbonyl (C=O) groups is 4. The molecule has 0 radical (unpaired) electrons. The summed E-state index contributed by atoms with van der Waals surface area (Å²) in [5.41, 5.74) is 1.64. The van der Waals surface area contributed by atoms with Gasteiger partial charge in [0.05, 0.1) is 13.1 Å². The first-order chi connectivity index (χ1) is 12.4. The Balaban J connectivity index is 1.91. The van der Waals surface area contributed by atoms with Crippen molar-refractivity contribution in [2.45, 2.75) is 19.4 Å². The maximum atomic E-state index is 11.9. The molecule has 0 saturated carbocycles. The number of hydrogen-bond donors (Lipinski definition) is 5. The lowest BCUT2D eigenvalue weighted by molar-refractivity contribution is -0.141. The van der Waals surface area contributed by atoms with Crippen molar-refractivity contribution in [3.05, 3.63) is 36.0 Å². The van der Waals surface area contributed by atoms with Gasteiger partial charge in [0.2, 0.25) is 17.7 Å². The van der Waals surface area contributed by atoms with Gasteiger partial charge < -0.3 is 26.0 Å². The molecule has 0 aliphatic carbocycles. The number of aliphatic carboxylic acids is 1. The first-order valence-corrected chi connectivity index (χ1v) is 7.95. The lowest BCUT2D eigenvalue weighted by atomic mass is 10.1. The van der Waals surface area contributed by atoms with Crippen LogP contribution < -0.4 is 16.0 Å². The van der Waals surface area contributed by atoms with Gasteiger partial charge in [-0.1, -0.05) is 18.2 Å². The monoisotopic (exact) mass is 360 g/mol. The van der Waals surface area contributed by atoms with Crippen molar-refractivity contribution in [1.29, 1.82) is 0 Å². The standard InChI is InChI=1S/C17H20N4O5/c1-10(22)18-8-15(23)20-9-16(24)21-14(17(25)26)6-11-7-19-13-5-3-2-4-12(11)13/h2-5,7,14,19H,6,8-9H2,1H3,(H,18,22)(H,20,23)(H,21,24)(H,25,26). The molecule has 26 heavy (non-hydrogen) atoms. The second kappa shape index (κ2) is 8.65. The van der Waals surface area contributed by atoms with Gasteiger partial charge in [-0.05, 0) is 11.6 Å². The summed E-state index contributed by atoms with van der Waals surface area (Å²) in [6, 6.07) is 6.32. The number of benzene rings is 1. The molecule has 2 aromatic rings. The van der Waals surface area contributed by atoms with E-state index < -0.39 is 23.8 Å². The molecule has 1 aromatic carbocycles. The van der Waals surface area contributed by atoms with Gasteiger partial charge in [-0.25, -0.2) is 4.79 Å². The number of aromatic amines is 1. The molecule has 9 nitrogen and oxygen atoms in total. The van der Waals surface area contributed by atoms with Gasteiger partial charge in [0, 0.05) is 30.4 Å². The van der Waals surface area contributed by atoms with Crippen molar-refractivity contribution in [2.75, 3.05) is 13.1 Å². The third-order valence-electron chi connectivity index (χ3n) is 3.68. The van der Waals surface area contributed by atoms with Crippen LogP contribution in [0.1, 0.15) is 12.5 Å².